The van der Waals surface area contributed by atoms with Gasteiger partial charge in [-0.25, -0.2) is 4.79 Å². The summed E-state index contributed by atoms with van der Waals surface area (Å²) in [5, 5.41) is 29.4. The molecule has 0 rings (SSSR count). The predicted molar refractivity (Wildman–Crippen MR) is 48.0 cm³/mol. The van der Waals surface area contributed by atoms with E-state index in [0.717, 1.165) is 0 Å². The number of aliphatic hydroxyl groups excluding tert-OH is 1. The highest BCUT2D eigenvalue weighted by atomic mass is 27.0. The predicted octanol–water partition coefficient (Wildman–Crippen LogP) is -3.26. The van der Waals surface area contributed by atoms with Gasteiger partial charge < -0.3 is 15.4 Å². The zero-order valence-electron chi connectivity index (χ0n) is 5.09. The average molecular weight is 213 g/mol. The van der Waals surface area contributed by atoms with Crippen LogP contribution in [0.15, 0.2) is 0 Å². The second kappa shape index (κ2) is 13.3. The fourth-order valence-corrected chi connectivity index (χ4v) is 0. The van der Waals surface area contributed by atoms with Gasteiger partial charge in [-0.3, -0.25) is 0 Å². The lowest BCUT2D eigenvalue weighted by atomic mass is 10.4. The summed E-state index contributed by atoms with van der Waals surface area (Å²) in [5.74, 6) is -1.19. The number of carboxylic acid groups (broad SMARTS) is 1. The number of rotatable bonds is 1. The quantitative estimate of drug-likeness (QED) is 0.239. The molecule has 1 unspecified atom stereocenters. The van der Waals surface area contributed by atoms with E-state index in [0.29, 0.717) is 0 Å². The second-order valence-electron chi connectivity index (χ2n) is 1.25. The molecule has 0 amide bonds. The van der Waals surface area contributed by atoms with E-state index in [1.54, 1.807) is 0 Å². The van der Waals surface area contributed by atoms with Crippen LogP contribution in [0, 0.1) is 10.1 Å². The molecule has 0 bridgehead atoms. The van der Waals surface area contributed by atoms with Gasteiger partial charge >= 0.3 is 5.97 Å². The number of nitrogens with zero attached hydrogens (tertiary/aromatic N) is 1. The SMILES string of the molecule is CC(O)C(=O)O.O=[N+]([O-])O.[AlH3].[AlH3]. The molecule has 0 aliphatic carbocycles. The van der Waals surface area contributed by atoms with Gasteiger partial charge in [0, 0.05) is 0 Å². The Balaban J connectivity index is -0.0000000483. The second-order valence-corrected chi connectivity index (χ2v) is 1.25. The molecule has 1 atom stereocenters. The van der Waals surface area contributed by atoms with Crippen molar-refractivity contribution >= 4 is 40.7 Å². The Morgan fingerprint density at radius 3 is 1.58 bits per heavy atom. The Morgan fingerprint density at radius 2 is 1.58 bits per heavy atom. The Labute approximate surface area is 89.4 Å². The van der Waals surface area contributed by atoms with E-state index in [-0.39, 0.29) is 34.7 Å². The molecule has 0 aromatic carbocycles. The highest BCUT2D eigenvalue weighted by Crippen LogP contribution is 1.73. The summed E-state index contributed by atoms with van der Waals surface area (Å²) in [6, 6.07) is 0. The van der Waals surface area contributed by atoms with Crippen molar-refractivity contribution in [3.05, 3.63) is 10.1 Å². The van der Waals surface area contributed by atoms with Gasteiger partial charge in [-0.15, -0.1) is 10.1 Å². The van der Waals surface area contributed by atoms with Gasteiger partial charge in [0.15, 0.2) is 34.7 Å². The minimum absolute atomic E-state index is 0. The Kier molecular flexibility index (Phi) is 25.0. The van der Waals surface area contributed by atoms with Crippen molar-refractivity contribution in [1.82, 2.24) is 0 Å². The smallest absolute Gasteiger partial charge is 0.332 e. The van der Waals surface area contributed by atoms with Crippen molar-refractivity contribution < 1.29 is 25.3 Å². The van der Waals surface area contributed by atoms with Crippen molar-refractivity contribution in [3.63, 3.8) is 0 Å². The van der Waals surface area contributed by atoms with Crippen molar-refractivity contribution in [2.45, 2.75) is 13.0 Å². The van der Waals surface area contributed by atoms with Crippen molar-refractivity contribution in [2.24, 2.45) is 0 Å². The lowest BCUT2D eigenvalue weighted by Gasteiger charge is -1.89. The molecular formula is C3H13Al2NO6. The molecule has 12 heavy (non-hydrogen) atoms. The lowest BCUT2D eigenvalue weighted by molar-refractivity contribution is -0.742. The minimum atomic E-state index is -1.50. The van der Waals surface area contributed by atoms with Crippen LogP contribution in [-0.4, -0.2) is 67.3 Å². The van der Waals surface area contributed by atoms with Crippen molar-refractivity contribution in [3.8, 4) is 0 Å². The number of hydrogen-bond donors (Lipinski definition) is 3. The molecule has 0 aliphatic heterocycles. The Morgan fingerprint density at radius 1 is 1.50 bits per heavy atom. The molecule has 72 valence electrons. The lowest BCUT2D eigenvalue weighted by Crippen LogP contribution is -2.13. The fourth-order valence-electron chi connectivity index (χ4n) is 0. The summed E-state index contributed by atoms with van der Waals surface area (Å²) in [6.45, 7) is 1.20. The molecule has 0 aromatic heterocycles. The topological polar surface area (TPSA) is 121 Å². The molecule has 0 saturated heterocycles. The molecule has 0 aromatic rings. The first kappa shape index (κ1) is 22.6. The Bertz CT molecular complexity index is 124. The van der Waals surface area contributed by atoms with Crippen LogP contribution in [0.3, 0.4) is 0 Å². The summed E-state index contributed by atoms with van der Waals surface area (Å²) in [4.78, 5) is 17.8. The first-order valence-electron chi connectivity index (χ1n) is 2.12. The van der Waals surface area contributed by atoms with E-state index in [2.05, 4.69) is 0 Å². The van der Waals surface area contributed by atoms with Crippen LogP contribution in [0.1, 0.15) is 6.92 Å². The third-order valence-electron chi connectivity index (χ3n) is 0.357. The van der Waals surface area contributed by atoms with Gasteiger partial charge in [-0.1, -0.05) is 0 Å². The highest BCUT2D eigenvalue weighted by Gasteiger charge is 2.01. The maximum Gasteiger partial charge on any atom is 0.332 e. The summed E-state index contributed by atoms with van der Waals surface area (Å²) >= 11 is 0. The van der Waals surface area contributed by atoms with Crippen LogP contribution >= 0.6 is 0 Å². The number of aliphatic carboxylic acids is 1. The van der Waals surface area contributed by atoms with E-state index in [4.69, 9.17) is 25.5 Å². The van der Waals surface area contributed by atoms with E-state index < -0.39 is 17.2 Å². The van der Waals surface area contributed by atoms with Crippen molar-refractivity contribution in [1.29, 1.82) is 0 Å². The third-order valence-corrected chi connectivity index (χ3v) is 0.357. The van der Waals surface area contributed by atoms with Gasteiger partial charge in [0.05, 0.1) is 0 Å². The fraction of sp³-hybridized carbons (Fsp3) is 0.667. The van der Waals surface area contributed by atoms with E-state index in [9.17, 15) is 4.79 Å². The molecule has 0 radical (unpaired) electrons. The van der Waals surface area contributed by atoms with Crippen LogP contribution in [0.5, 0.6) is 0 Å². The standard InChI is InChI=1S/C3H6O3.2Al.HNO3.6H/c1-2(4)3(5)6;;;2-1(3)4;;;;;;/h2,4H,1H3,(H,5,6);;;(H,2,3,4);;;;;;. The van der Waals surface area contributed by atoms with E-state index in [1.165, 1.54) is 6.92 Å². The molecule has 0 aliphatic rings. The monoisotopic (exact) mass is 213 g/mol. The highest BCUT2D eigenvalue weighted by molar-refractivity contribution is 5.76. The molecule has 0 spiro atoms. The number of carboxylic acids is 1. The van der Waals surface area contributed by atoms with Crippen LogP contribution in [0.2, 0.25) is 0 Å². The van der Waals surface area contributed by atoms with Gasteiger partial charge in [-0.2, -0.15) is 0 Å². The first-order chi connectivity index (χ1) is 4.37. The Hall–Kier alpha value is -0.305. The van der Waals surface area contributed by atoms with Gasteiger partial charge in [0.1, 0.15) is 6.10 Å². The van der Waals surface area contributed by atoms with Crippen LogP contribution in [0.4, 0.5) is 0 Å². The third kappa shape index (κ3) is 53.7. The molecule has 7 nitrogen and oxygen atoms in total. The van der Waals surface area contributed by atoms with Crippen LogP contribution < -0.4 is 0 Å². The number of hydrogen-bond acceptors (Lipinski definition) is 4. The molecule has 0 heterocycles. The largest absolute Gasteiger partial charge is 0.479 e. The summed E-state index contributed by atoms with van der Waals surface area (Å²) < 4.78 is 0. The van der Waals surface area contributed by atoms with Gasteiger partial charge in [0.25, 0.3) is 5.09 Å². The number of carbonyl (C=O) groups is 1. The molecule has 0 saturated carbocycles. The van der Waals surface area contributed by atoms with Crippen LogP contribution in [-0.2, 0) is 4.79 Å². The normalized spacial score (nSPS) is 8.83. The number of aliphatic hydroxyl groups is 1. The van der Waals surface area contributed by atoms with E-state index in [1.807, 2.05) is 0 Å². The summed E-state index contributed by atoms with van der Waals surface area (Å²) in [5.41, 5.74) is 0. The van der Waals surface area contributed by atoms with Gasteiger partial charge in [0.2, 0.25) is 0 Å². The molecule has 3 N–H and O–H groups in total. The zero-order valence-corrected chi connectivity index (χ0v) is 5.09. The van der Waals surface area contributed by atoms with Crippen LogP contribution in [0.25, 0.3) is 0 Å². The minimum Gasteiger partial charge on any atom is -0.479 e. The maximum atomic E-state index is 9.45. The maximum absolute atomic E-state index is 9.45. The van der Waals surface area contributed by atoms with Crippen molar-refractivity contribution in [2.75, 3.05) is 0 Å². The average Bonchev–Trinajstić information content (AvgIpc) is 1.63. The molecule has 0 fully saturated rings. The van der Waals surface area contributed by atoms with E-state index >= 15 is 0 Å². The zero-order chi connectivity index (χ0) is 8.73. The van der Waals surface area contributed by atoms with Gasteiger partial charge in [-0.05, 0) is 6.92 Å². The molecular weight excluding hydrogens is 200 g/mol. The first-order valence-corrected chi connectivity index (χ1v) is 2.12. The molecule has 9 heteroatoms. The summed E-state index contributed by atoms with van der Waals surface area (Å²) in [7, 11) is 0. The summed E-state index contributed by atoms with van der Waals surface area (Å²) in [6.07, 6.45) is -1.23.